The van der Waals surface area contributed by atoms with E-state index in [0.29, 0.717) is 11.4 Å². The third kappa shape index (κ3) is 3.45. The summed E-state index contributed by atoms with van der Waals surface area (Å²) in [6, 6.07) is 15.2. The van der Waals surface area contributed by atoms with Crippen LogP contribution >= 0.6 is 0 Å². The Morgan fingerprint density at radius 3 is 1.50 bits per heavy atom. The van der Waals surface area contributed by atoms with E-state index < -0.39 is 0 Å². The van der Waals surface area contributed by atoms with Gasteiger partial charge < -0.3 is 11.5 Å². The molecular weight excluding hydrogens is 248 g/mol. The molecule has 0 fully saturated rings. The van der Waals surface area contributed by atoms with Crippen molar-refractivity contribution in [2.45, 2.75) is 13.8 Å². The molecule has 0 saturated heterocycles. The Kier molecular flexibility index (Phi) is 4.15. The molecule has 0 atom stereocenters. The van der Waals surface area contributed by atoms with Crippen LogP contribution in [0.2, 0.25) is 0 Å². The van der Waals surface area contributed by atoms with Gasteiger partial charge in [-0.3, -0.25) is 0 Å². The van der Waals surface area contributed by atoms with Gasteiger partial charge >= 0.3 is 0 Å². The molecule has 4 heteroatoms. The average molecular weight is 266 g/mol. The molecule has 0 aliphatic heterocycles. The molecule has 0 aromatic heterocycles. The van der Waals surface area contributed by atoms with Gasteiger partial charge in [0.25, 0.3) is 0 Å². The van der Waals surface area contributed by atoms with Crippen LogP contribution in [0.1, 0.15) is 25.0 Å². The monoisotopic (exact) mass is 266 g/mol. The second-order valence-corrected chi connectivity index (χ2v) is 4.62. The first kappa shape index (κ1) is 13.8. The van der Waals surface area contributed by atoms with Crippen LogP contribution in [-0.4, -0.2) is 11.4 Å². The molecule has 0 heterocycles. The predicted octanol–water partition coefficient (Wildman–Crippen LogP) is 3.08. The van der Waals surface area contributed by atoms with Crippen molar-refractivity contribution < 1.29 is 0 Å². The fourth-order valence-electron chi connectivity index (χ4n) is 1.79. The van der Waals surface area contributed by atoms with Crippen molar-refractivity contribution >= 4 is 22.8 Å². The Labute approximate surface area is 118 Å². The molecule has 2 aromatic rings. The van der Waals surface area contributed by atoms with Crippen molar-refractivity contribution in [3.05, 3.63) is 59.7 Å². The standard InChI is InChI=1S/C16H18N4/c1-11(13-5-3-7-15(17)9-13)19-20-12(2)14-6-4-8-16(18)10-14/h3-10H,17-18H2,1-2H3/b19-11-,20-12-. The zero-order chi connectivity index (χ0) is 14.5. The highest BCUT2D eigenvalue weighted by molar-refractivity contribution is 6.02. The number of rotatable bonds is 3. The molecule has 0 bridgehead atoms. The summed E-state index contributed by atoms with van der Waals surface area (Å²) < 4.78 is 0. The maximum atomic E-state index is 5.76. The normalized spacial score (nSPS) is 12.5. The van der Waals surface area contributed by atoms with Crippen LogP contribution in [0.25, 0.3) is 0 Å². The summed E-state index contributed by atoms with van der Waals surface area (Å²) in [5.41, 5.74) is 16.5. The first-order valence-corrected chi connectivity index (χ1v) is 6.37. The quantitative estimate of drug-likeness (QED) is 0.509. The number of nitrogen functional groups attached to an aromatic ring is 2. The number of hydrogen-bond acceptors (Lipinski definition) is 4. The highest BCUT2D eigenvalue weighted by atomic mass is 15.2. The Morgan fingerprint density at radius 1 is 0.750 bits per heavy atom. The molecule has 0 aliphatic carbocycles. The van der Waals surface area contributed by atoms with Crippen LogP contribution in [-0.2, 0) is 0 Å². The van der Waals surface area contributed by atoms with Crippen molar-refractivity contribution in [2.24, 2.45) is 10.2 Å². The number of nitrogens with two attached hydrogens (primary N) is 2. The number of nitrogens with zero attached hydrogens (tertiary/aromatic N) is 2. The first-order valence-electron chi connectivity index (χ1n) is 6.37. The van der Waals surface area contributed by atoms with Gasteiger partial charge in [0.1, 0.15) is 0 Å². The minimum atomic E-state index is 0.716. The van der Waals surface area contributed by atoms with Gasteiger partial charge in [-0.15, -0.1) is 0 Å². The van der Waals surface area contributed by atoms with Crippen molar-refractivity contribution in [1.29, 1.82) is 0 Å². The third-order valence-corrected chi connectivity index (χ3v) is 2.96. The predicted molar refractivity (Wildman–Crippen MR) is 86.1 cm³/mol. The van der Waals surface area contributed by atoms with Crippen molar-refractivity contribution in [2.75, 3.05) is 11.5 Å². The van der Waals surface area contributed by atoms with Crippen molar-refractivity contribution in [3.63, 3.8) is 0 Å². The summed E-state index contributed by atoms with van der Waals surface area (Å²) in [6.07, 6.45) is 0. The largest absolute Gasteiger partial charge is 0.399 e. The molecule has 0 aliphatic rings. The highest BCUT2D eigenvalue weighted by Crippen LogP contribution is 2.10. The Bertz CT molecular complexity index is 612. The molecule has 4 nitrogen and oxygen atoms in total. The van der Waals surface area contributed by atoms with Gasteiger partial charge in [0.2, 0.25) is 0 Å². The number of anilines is 2. The SMILES string of the molecule is C/C(=N/N=C(/C)c1cccc(N)c1)c1cccc(N)c1. The van der Waals surface area contributed by atoms with Crippen molar-refractivity contribution in [1.82, 2.24) is 0 Å². The second kappa shape index (κ2) is 6.02. The summed E-state index contributed by atoms with van der Waals surface area (Å²) in [5, 5.41) is 8.50. The molecule has 0 unspecified atom stereocenters. The van der Waals surface area contributed by atoms with E-state index in [1.54, 1.807) is 0 Å². The van der Waals surface area contributed by atoms with Crippen LogP contribution < -0.4 is 11.5 Å². The molecular formula is C16H18N4. The molecule has 2 aromatic carbocycles. The maximum Gasteiger partial charge on any atom is 0.0672 e. The summed E-state index contributed by atoms with van der Waals surface area (Å²) in [4.78, 5) is 0. The second-order valence-electron chi connectivity index (χ2n) is 4.62. The van der Waals surface area contributed by atoms with Crippen molar-refractivity contribution in [3.8, 4) is 0 Å². The fourth-order valence-corrected chi connectivity index (χ4v) is 1.79. The van der Waals surface area contributed by atoms with E-state index in [1.807, 2.05) is 62.4 Å². The molecule has 20 heavy (non-hydrogen) atoms. The third-order valence-electron chi connectivity index (χ3n) is 2.96. The number of benzene rings is 2. The topological polar surface area (TPSA) is 76.8 Å². The Hall–Kier alpha value is -2.62. The van der Waals surface area contributed by atoms with E-state index >= 15 is 0 Å². The fraction of sp³-hybridized carbons (Fsp3) is 0.125. The lowest BCUT2D eigenvalue weighted by atomic mass is 10.1. The molecule has 0 radical (unpaired) electrons. The minimum absolute atomic E-state index is 0.716. The van der Waals surface area contributed by atoms with E-state index in [2.05, 4.69) is 10.2 Å². The van der Waals surface area contributed by atoms with Crippen LogP contribution in [0.3, 0.4) is 0 Å². The molecule has 0 saturated carbocycles. The van der Waals surface area contributed by atoms with E-state index in [9.17, 15) is 0 Å². The molecule has 0 amide bonds. The van der Waals surface area contributed by atoms with E-state index in [0.717, 1.165) is 22.6 Å². The zero-order valence-electron chi connectivity index (χ0n) is 11.7. The van der Waals surface area contributed by atoms with Crippen LogP contribution in [0, 0.1) is 0 Å². The van der Waals surface area contributed by atoms with Crippen LogP contribution in [0.15, 0.2) is 58.7 Å². The highest BCUT2D eigenvalue weighted by Gasteiger charge is 1.99. The first-order chi connectivity index (χ1) is 9.56. The van der Waals surface area contributed by atoms with E-state index in [4.69, 9.17) is 11.5 Å². The Morgan fingerprint density at radius 2 is 1.15 bits per heavy atom. The summed E-state index contributed by atoms with van der Waals surface area (Å²) >= 11 is 0. The minimum Gasteiger partial charge on any atom is -0.399 e. The molecule has 4 N–H and O–H groups in total. The maximum absolute atomic E-state index is 5.76. The lowest BCUT2D eigenvalue weighted by Crippen LogP contribution is -1.98. The smallest absolute Gasteiger partial charge is 0.0672 e. The zero-order valence-corrected chi connectivity index (χ0v) is 11.7. The number of hydrogen-bond donors (Lipinski definition) is 2. The van der Waals surface area contributed by atoms with Crippen LogP contribution in [0.5, 0.6) is 0 Å². The lowest BCUT2D eigenvalue weighted by molar-refractivity contribution is 1.22. The molecule has 102 valence electrons. The van der Waals surface area contributed by atoms with E-state index in [-0.39, 0.29) is 0 Å². The van der Waals surface area contributed by atoms with Gasteiger partial charge in [-0.2, -0.15) is 10.2 Å². The average Bonchev–Trinajstić information content (AvgIpc) is 2.44. The summed E-state index contributed by atoms with van der Waals surface area (Å²) in [5.74, 6) is 0. The van der Waals surface area contributed by atoms with Gasteiger partial charge in [-0.1, -0.05) is 24.3 Å². The molecule has 0 spiro atoms. The van der Waals surface area contributed by atoms with Gasteiger partial charge in [0.15, 0.2) is 0 Å². The summed E-state index contributed by atoms with van der Waals surface area (Å²) in [6.45, 7) is 3.82. The van der Waals surface area contributed by atoms with Gasteiger partial charge in [-0.25, -0.2) is 0 Å². The van der Waals surface area contributed by atoms with Gasteiger partial charge in [-0.05, 0) is 49.2 Å². The lowest BCUT2D eigenvalue weighted by Gasteiger charge is -2.02. The molecule has 2 rings (SSSR count). The van der Waals surface area contributed by atoms with Gasteiger partial charge in [0, 0.05) is 11.4 Å². The summed E-state index contributed by atoms with van der Waals surface area (Å²) in [7, 11) is 0. The van der Waals surface area contributed by atoms with E-state index in [1.165, 1.54) is 0 Å². The van der Waals surface area contributed by atoms with Gasteiger partial charge in [0.05, 0.1) is 11.4 Å². The van der Waals surface area contributed by atoms with Crippen LogP contribution in [0.4, 0.5) is 11.4 Å². The Balaban J connectivity index is 2.24.